The molecule has 2 aromatic rings. The van der Waals surface area contributed by atoms with E-state index in [2.05, 4.69) is 15.9 Å². The van der Waals surface area contributed by atoms with Gasteiger partial charge in [0.25, 0.3) is 0 Å². The summed E-state index contributed by atoms with van der Waals surface area (Å²) in [7, 11) is 0. The zero-order valence-electron chi connectivity index (χ0n) is 9.84. The largest absolute Gasteiger partial charge is 0.324 e. The molecular weight excluding hydrogens is 352 g/mol. The van der Waals surface area contributed by atoms with Crippen LogP contribution in [-0.2, 0) is 6.42 Å². The Labute approximate surface area is 129 Å². The molecule has 0 saturated carbocycles. The van der Waals surface area contributed by atoms with E-state index < -0.39 is 0 Å². The minimum atomic E-state index is -0.290. The van der Waals surface area contributed by atoms with Gasteiger partial charge in [-0.1, -0.05) is 35.3 Å². The number of rotatable bonds is 3. The van der Waals surface area contributed by atoms with Gasteiger partial charge in [0, 0.05) is 16.1 Å². The molecule has 0 saturated heterocycles. The average molecular weight is 363 g/mol. The molecule has 1 unspecified atom stereocenters. The Hall–Kier alpha value is -0.610. The second kappa shape index (κ2) is 6.23. The molecule has 5 heteroatoms. The highest BCUT2D eigenvalue weighted by Crippen LogP contribution is 2.28. The number of nitrogens with two attached hydrogens (primary N) is 1. The second-order valence-electron chi connectivity index (χ2n) is 4.22. The van der Waals surface area contributed by atoms with Crippen LogP contribution in [0.1, 0.15) is 17.2 Å². The lowest BCUT2D eigenvalue weighted by Gasteiger charge is -2.14. The summed E-state index contributed by atoms with van der Waals surface area (Å²) in [6.07, 6.45) is 0.570. The third-order valence-corrected chi connectivity index (χ3v) is 3.97. The van der Waals surface area contributed by atoms with Crippen LogP contribution in [0.2, 0.25) is 10.0 Å². The van der Waals surface area contributed by atoms with E-state index >= 15 is 0 Å². The van der Waals surface area contributed by atoms with Crippen LogP contribution in [0.5, 0.6) is 0 Å². The summed E-state index contributed by atoms with van der Waals surface area (Å²) in [5.74, 6) is -0.290. The molecule has 2 N–H and O–H groups in total. The van der Waals surface area contributed by atoms with Gasteiger partial charge in [-0.2, -0.15) is 0 Å². The van der Waals surface area contributed by atoms with Crippen molar-refractivity contribution >= 4 is 39.1 Å². The summed E-state index contributed by atoms with van der Waals surface area (Å²) in [5, 5.41) is 1.12. The molecule has 0 fully saturated rings. The van der Waals surface area contributed by atoms with Crippen LogP contribution in [0.25, 0.3) is 0 Å². The highest BCUT2D eigenvalue weighted by atomic mass is 79.9. The first-order chi connectivity index (χ1) is 8.97. The topological polar surface area (TPSA) is 26.0 Å². The monoisotopic (exact) mass is 361 g/mol. The van der Waals surface area contributed by atoms with Crippen LogP contribution in [0.3, 0.4) is 0 Å². The summed E-state index contributed by atoms with van der Waals surface area (Å²) < 4.78 is 13.6. The first kappa shape index (κ1) is 14.8. The maximum atomic E-state index is 13.2. The molecule has 0 aliphatic heterocycles. The molecule has 0 heterocycles. The maximum Gasteiger partial charge on any atom is 0.137 e. The first-order valence-corrected chi connectivity index (χ1v) is 7.16. The molecule has 0 spiro atoms. The first-order valence-electron chi connectivity index (χ1n) is 5.62. The predicted molar refractivity (Wildman–Crippen MR) is 81.2 cm³/mol. The van der Waals surface area contributed by atoms with Crippen LogP contribution >= 0.6 is 39.1 Å². The average Bonchev–Trinajstić information content (AvgIpc) is 2.33. The van der Waals surface area contributed by atoms with E-state index in [9.17, 15) is 4.39 Å². The Morgan fingerprint density at radius 2 is 1.89 bits per heavy atom. The summed E-state index contributed by atoms with van der Waals surface area (Å²) in [6, 6.07) is 9.82. The van der Waals surface area contributed by atoms with Crippen LogP contribution in [0, 0.1) is 5.82 Å². The van der Waals surface area contributed by atoms with Crippen molar-refractivity contribution in [1.29, 1.82) is 0 Å². The molecule has 0 amide bonds. The zero-order valence-corrected chi connectivity index (χ0v) is 12.9. The van der Waals surface area contributed by atoms with Gasteiger partial charge >= 0.3 is 0 Å². The van der Waals surface area contributed by atoms with Gasteiger partial charge in [0.1, 0.15) is 5.82 Å². The Kier molecular flexibility index (Phi) is 4.85. The van der Waals surface area contributed by atoms with Crippen molar-refractivity contribution in [3.05, 3.63) is 67.9 Å². The van der Waals surface area contributed by atoms with Crippen molar-refractivity contribution < 1.29 is 4.39 Å². The van der Waals surface area contributed by atoms with Crippen LogP contribution < -0.4 is 5.73 Å². The fourth-order valence-corrected chi connectivity index (χ4v) is 2.81. The lowest BCUT2D eigenvalue weighted by atomic mass is 10.00. The fourth-order valence-electron chi connectivity index (χ4n) is 1.83. The number of hydrogen-bond acceptors (Lipinski definition) is 1. The molecule has 19 heavy (non-hydrogen) atoms. The third-order valence-electron chi connectivity index (χ3n) is 2.80. The molecular formula is C14H11BrCl2FN. The van der Waals surface area contributed by atoms with Gasteiger partial charge in [-0.15, -0.1) is 0 Å². The van der Waals surface area contributed by atoms with E-state index in [1.54, 1.807) is 24.3 Å². The number of benzene rings is 2. The van der Waals surface area contributed by atoms with Gasteiger partial charge in [0.2, 0.25) is 0 Å². The summed E-state index contributed by atoms with van der Waals surface area (Å²) in [6.45, 7) is 0. The van der Waals surface area contributed by atoms with Crippen molar-refractivity contribution in [2.75, 3.05) is 0 Å². The van der Waals surface area contributed by atoms with E-state index in [1.165, 1.54) is 6.07 Å². The maximum absolute atomic E-state index is 13.2. The van der Waals surface area contributed by atoms with Crippen molar-refractivity contribution in [3.8, 4) is 0 Å². The molecule has 1 atom stereocenters. The predicted octanol–water partition coefficient (Wildman–Crippen LogP) is 5.14. The normalized spacial score (nSPS) is 12.5. The van der Waals surface area contributed by atoms with E-state index in [0.29, 0.717) is 20.9 Å². The van der Waals surface area contributed by atoms with E-state index in [4.69, 9.17) is 28.9 Å². The quantitative estimate of drug-likeness (QED) is 0.803. The standard InChI is InChI=1S/C14H11BrCl2FN/c15-11-5-8(1-4-13(11)18)6-14(19)10-3-2-9(16)7-12(10)17/h1-5,7,14H,6,19H2. The van der Waals surface area contributed by atoms with E-state index in [-0.39, 0.29) is 11.9 Å². The molecule has 0 radical (unpaired) electrons. The molecule has 0 aliphatic carbocycles. The van der Waals surface area contributed by atoms with Crippen molar-refractivity contribution in [2.45, 2.75) is 12.5 Å². The molecule has 1 nitrogen and oxygen atoms in total. The van der Waals surface area contributed by atoms with Crippen molar-refractivity contribution in [1.82, 2.24) is 0 Å². The molecule has 0 bridgehead atoms. The fraction of sp³-hybridized carbons (Fsp3) is 0.143. The molecule has 0 aliphatic rings. The molecule has 100 valence electrons. The minimum absolute atomic E-state index is 0.262. The van der Waals surface area contributed by atoms with Gasteiger partial charge < -0.3 is 5.73 Å². The smallest absolute Gasteiger partial charge is 0.137 e. The van der Waals surface area contributed by atoms with E-state index in [0.717, 1.165) is 11.1 Å². The Morgan fingerprint density at radius 3 is 2.53 bits per heavy atom. The number of hydrogen-bond donors (Lipinski definition) is 1. The Morgan fingerprint density at radius 1 is 1.16 bits per heavy atom. The van der Waals surface area contributed by atoms with Gasteiger partial charge in [0.15, 0.2) is 0 Å². The van der Waals surface area contributed by atoms with Gasteiger partial charge in [-0.05, 0) is 57.7 Å². The highest BCUT2D eigenvalue weighted by molar-refractivity contribution is 9.10. The molecule has 2 rings (SSSR count). The highest BCUT2D eigenvalue weighted by Gasteiger charge is 2.12. The summed E-state index contributed by atoms with van der Waals surface area (Å²) in [4.78, 5) is 0. The summed E-state index contributed by atoms with van der Waals surface area (Å²) >= 11 is 15.1. The third kappa shape index (κ3) is 3.69. The van der Waals surface area contributed by atoms with Gasteiger partial charge in [0.05, 0.1) is 4.47 Å². The number of halogens is 4. The van der Waals surface area contributed by atoms with Crippen LogP contribution in [0.4, 0.5) is 4.39 Å². The lowest BCUT2D eigenvalue weighted by Crippen LogP contribution is -2.14. The Balaban J connectivity index is 2.20. The Bertz CT molecular complexity index is 604. The zero-order chi connectivity index (χ0) is 14.0. The van der Waals surface area contributed by atoms with E-state index in [1.807, 2.05) is 6.07 Å². The SMILES string of the molecule is NC(Cc1ccc(F)c(Br)c1)c1ccc(Cl)cc1Cl. The molecule has 0 aromatic heterocycles. The minimum Gasteiger partial charge on any atom is -0.324 e. The molecule has 2 aromatic carbocycles. The summed E-state index contributed by atoms with van der Waals surface area (Å²) in [5.41, 5.74) is 7.89. The van der Waals surface area contributed by atoms with Crippen molar-refractivity contribution in [3.63, 3.8) is 0 Å². The van der Waals surface area contributed by atoms with Gasteiger partial charge in [-0.3, -0.25) is 0 Å². The van der Waals surface area contributed by atoms with Crippen molar-refractivity contribution in [2.24, 2.45) is 5.73 Å². The van der Waals surface area contributed by atoms with Crippen LogP contribution in [0.15, 0.2) is 40.9 Å². The van der Waals surface area contributed by atoms with Gasteiger partial charge in [-0.25, -0.2) is 4.39 Å². The van der Waals surface area contributed by atoms with Crippen LogP contribution in [-0.4, -0.2) is 0 Å². The second-order valence-corrected chi connectivity index (χ2v) is 5.92. The lowest BCUT2D eigenvalue weighted by molar-refractivity contribution is 0.618.